The number of hydrogen-bond donors (Lipinski definition) is 1. The van der Waals surface area contributed by atoms with Gasteiger partial charge in [0.15, 0.2) is 0 Å². The van der Waals surface area contributed by atoms with Crippen molar-refractivity contribution in [3.8, 4) is 0 Å². The molecule has 1 unspecified atom stereocenters. The first-order chi connectivity index (χ1) is 6.99. The lowest BCUT2D eigenvalue weighted by Crippen LogP contribution is -2.34. The Morgan fingerprint density at radius 3 is 2.40 bits per heavy atom. The van der Waals surface area contributed by atoms with E-state index in [9.17, 15) is 0 Å². The minimum Gasteiger partial charge on any atom is -0.330 e. The van der Waals surface area contributed by atoms with E-state index in [1.807, 2.05) is 6.07 Å². The third-order valence-corrected chi connectivity index (χ3v) is 4.19. The van der Waals surface area contributed by atoms with Crippen LogP contribution in [0.1, 0.15) is 26.3 Å². The maximum atomic E-state index is 5.89. The van der Waals surface area contributed by atoms with Crippen LogP contribution in [0.15, 0.2) is 28.7 Å². The minimum absolute atomic E-state index is 0.184. The minimum atomic E-state index is 0.184. The lowest BCUT2D eigenvalue weighted by molar-refractivity contribution is 0.227. The Morgan fingerprint density at radius 2 is 1.93 bits per heavy atom. The first kappa shape index (κ1) is 12.7. The van der Waals surface area contributed by atoms with Gasteiger partial charge < -0.3 is 5.73 Å². The number of rotatable bonds is 4. The van der Waals surface area contributed by atoms with Crippen molar-refractivity contribution in [1.29, 1.82) is 0 Å². The van der Waals surface area contributed by atoms with Crippen LogP contribution in [0.25, 0.3) is 0 Å². The van der Waals surface area contributed by atoms with E-state index in [1.165, 1.54) is 10.0 Å². The molecule has 0 bridgehead atoms. The van der Waals surface area contributed by atoms with E-state index < -0.39 is 0 Å². The average molecular weight is 270 g/mol. The molecule has 0 aliphatic heterocycles. The molecule has 0 heterocycles. The summed E-state index contributed by atoms with van der Waals surface area (Å²) in [6.07, 6.45) is 1.03. The van der Waals surface area contributed by atoms with Crippen LogP contribution in [0, 0.1) is 11.3 Å². The second kappa shape index (κ2) is 5.13. The molecule has 0 aromatic heterocycles. The van der Waals surface area contributed by atoms with E-state index >= 15 is 0 Å². The first-order valence-corrected chi connectivity index (χ1v) is 6.22. The van der Waals surface area contributed by atoms with Crippen molar-refractivity contribution >= 4 is 15.9 Å². The van der Waals surface area contributed by atoms with Crippen molar-refractivity contribution in [2.75, 3.05) is 6.54 Å². The highest BCUT2D eigenvalue weighted by Crippen LogP contribution is 2.32. The number of benzene rings is 1. The molecule has 1 atom stereocenters. The van der Waals surface area contributed by atoms with Gasteiger partial charge in [0.25, 0.3) is 0 Å². The van der Waals surface area contributed by atoms with Crippen molar-refractivity contribution in [1.82, 2.24) is 0 Å². The van der Waals surface area contributed by atoms with Gasteiger partial charge >= 0.3 is 0 Å². The molecular weight excluding hydrogens is 250 g/mol. The summed E-state index contributed by atoms with van der Waals surface area (Å²) in [7, 11) is 0. The fraction of sp³-hybridized carbons (Fsp3) is 0.538. The normalized spacial score (nSPS) is 15.3. The van der Waals surface area contributed by atoms with Gasteiger partial charge in [-0.1, -0.05) is 54.9 Å². The van der Waals surface area contributed by atoms with Crippen LogP contribution in [-0.2, 0) is 6.42 Å². The summed E-state index contributed by atoms with van der Waals surface area (Å²) in [5.74, 6) is 0.592. The van der Waals surface area contributed by atoms with Crippen molar-refractivity contribution in [3.63, 3.8) is 0 Å². The van der Waals surface area contributed by atoms with E-state index in [0.717, 1.165) is 13.0 Å². The van der Waals surface area contributed by atoms with Gasteiger partial charge in [0.05, 0.1) is 0 Å². The Hall–Kier alpha value is -0.340. The molecule has 2 heteroatoms. The molecule has 0 radical (unpaired) electrons. The van der Waals surface area contributed by atoms with Gasteiger partial charge in [-0.2, -0.15) is 0 Å². The summed E-state index contributed by atoms with van der Waals surface area (Å²) in [5, 5.41) is 0. The highest BCUT2D eigenvalue weighted by atomic mass is 79.9. The Bertz CT molecular complexity index is 322. The molecular formula is C13H20BrN. The summed E-state index contributed by atoms with van der Waals surface area (Å²) in [5.41, 5.74) is 7.42. The molecule has 84 valence electrons. The Balaban J connectivity index is 2.89. The fourth-order valence-corrected chi connectivity index (χ4v) is 2.01. The third kappa shape index (κ3) is 3.05. The van der Waals surface area contributed by atoms with Crippen LogP contribution < -0.4 is 5.73 Å². The Kier molecular flexibility index (Phi) is 4.35. The molecule has 15 heavy (non-hydrogen) atoms. The standard InChI is InChI=1S/C13H20BrN/c1-10(2)13(3,9-15)8-11-6-4-5-7-12(11)14/h4-7,10H,8-9,15H2,1-3H3. The Labute approximate surface area is 101 Å². The van der Waals surface area contributed by atoms with Crippen molar-refractivity contribution in [2.24, 2.45) is 17.1 Å². The molecule has 0 saturated heterocycles. The molecule has 1 rings (SSSR count). The first-order valence-electron chi connectivity index (χ1n) is 5.43. The summed E-state index contributed by atoms with van der Waals surface area (Å²) in [6.45, 7) is 7.47. The van der Waals surface area contributed by atoms with Crippen LogP contribution in [0.5, 0.6) is 0 Å². The van der Waals surface area contributed by atoms with E-state index in [1.54, 1.807) is 0 Å². The number of nitrogens with two attached hydrogens (primary N) is 1. The van der Waals surface area contributed by atoms with Crippen molar-refractivity contribution < 1.29 is 0 Å². The van der Waals surface area contributed by atoms with E-state index in [2.05, 4.69) is 54.9 Å². The molecule has 2 N–H and O–H groups in total. The maximum absolute atomic E-state index is 5.89. The van der Waals surface area contributed by atoms with E-state index in [-0.39, 0.29) is 5.41 Å². The summed E-state index contributed by atoms with van der Waals surface area (Å²) in [4.78, 5) is 0. The van der Waals surface area contributed by atoms with Crippen LogP contribution in [0.4, 0.5) is 0 Å². The van der Waals surface area contributed by atoms with E-state index in [4.69, 9.17) is 5.73 Å². The van der Waals surface area contributed by atoms with Crippen molar-refractivity contribution in [3.05, 3.63) is 34.3 Å². The zero-order valence-corrected chi connectivity index (χ0v) is 11.3. The summed E-state index contributed by atoms with van der Waals surface area (Å²) >= 11 is 3.59. The largest absolute Gasteiger partial charge is 0.330 e. The average Bonchev–Trinajstić information content (AvgIpc) is 2.21. The van der Waals surface area contributed by atoms with Crippen LogP contribution in [-0.4, -0.2) is 6.54 Å². The number of hydrogen-bond acceptors (Lipinski definition) is 1. The monoisotopic (exact) mass is 269 g/mol. The van der Waals surface area contributed by atoms with Gasteiger partial charge in [-0.25, -0.2) is 0 Å². The summed E-state index contributed by atoms with van der Waals surface area (Å²) < 4.78 is 1.19. The van der Waals surface area contributed by atoms with Crippen LogP contribution in [0.3, 0.4) is 0 Å². The van der Waals surface area contributed by atoms with Gasteiger partial charge in [0, 0.05) is 4.47 Å². The lowest BCUT2D eigenvalue weighted by Gasteiger charge is -2.33. The SMILES string of the molecule is CC(C)C(C)(CN)Cc1ccccc1Br. The van der Waals surface area contributed by atoms with Crippen LogP contribution >= 0.6 is 15.9 Å². The molecule has 0 aliphatic rings. The highest BCUT2D eigenvalue weighted by Gasteiger charge is 2.27. The zero-order chi connectivity index (χ0) is 11.5. The van der Waals surface area contributed by atoms with E-state index in [0.29, 0.717) is 5.92 Å². The smallest absolute Gasteiger partial charge is 0.0207 e. The molecule has 0 aliphatic carbocycles. The predicted molar refractivity (Wildman–Crippen MR) is 69.8 cm³/mol. The topological polar surface area (TPSA) is 26.0 Å². The molecule has 0 fully saturated rings. The highest BCUT2D eigenvalue weighted by molar-refractivity contribution is 9.10. The molecule has 1 aromatic carbocycles. The van der Waals surface area contributed by atoms with Gasteiger partial charge in [0.2, 0.25) is 0 Å². The molecule has 1 aromatic rings. The second-order valence-electron chi connectivity index (χ2n) is 4.78. The Morgan fingerprint density at radius 1 is 1.33 bits per heavy atom. The second-order valence-corrected chi connectivity index (χ2v) is 5.64. The molecule has 0 saturated carbocycles. The quantitative estimate of drug-likeness (QED) is 0.888. The lowest BCUT2D eigenvalue weighted by atomic mass is 9.74. The van der Waals surface area contributed by atoms with Gasteiger partial charge in [-0.05, 0) is 35.9 Å². The number of halogens is 1. The summed E-state index contributed by atoms with van der Waals surface area (Å²) in [6, 6.07) is 8.38. The molecule has 0 spiro atoms. The van der Waals surface area contributed by atoms with Crippen molar-refractivity contribution in [2.45, 2.75) is 27.2 Å². The van der Waals surface area contributed by atoms with Gasteiger partial charge in [0.1, 0.15) is 0 Å². The third-order valence-electron chi connectivity index (χ3n) is 3.41. The molecule has 1 nitrogen and oxygen atoms in total. The fourth-order valence-electron chi connectivity index (χ4n) is 1.59. The maximum Gasteiger partial charge on any atom is 0.0207 e. The molecule has 0 amide bonds. The predicted octanol–water partition coefficient (Wildman–Crippen LogP) is 3.61. The zero-order valence-electron chi connectivity index (χ0n) is 9.76. The van der Waals surface area contributed by atoms with Gasteiger partial charge in [-0.3, -0.25) is 0 Å². The van der Waals surface area contributed by atoms with Gasteiger partial charge in [-0.15, -0.1) is 0 Å². The van der Waals surface area contributed by atoms with Crippen LogP contribution in [0.2, 0.25) is 0 Å².